The average Bonchev–Trinajstić information content (AvgIpc) is 2.74. The van der Waals surface area contributed by atoms with E-state index in [-0.39, 0.29) is 29.7 Å². The largest absolute Gasteiger partial charge is 0.507 e. The molecule has 33 heavy (non-hydrogen) atoms. The van der Waals surface area contributed by atoms with Crippen LogP contribution in [0.25, 0.3) is 11.0 Å². The van der Waals surface area contributed by atoms with Gasteiger partial charge in [0.1, 0.15) is 11.3 Å². The molecule has 1 heterocycles. The van der Waals surface area contributed by atoms with Gasteiger partial charge in [0.2, 0.25) is 5.91 Å². The maximum Gasteiger partial charge on any atom is 0.340 e. The van der Waals surface area contributed by atoms with Crippen molar-refractivity contribution in [3.63, 3.8) is 0 Å². The van der Waals surface area contributed by atoms with Gasteiger partial charge >= 0.3 is 11.6 Å². The van der Waals surface area contributed by atoms with Crippen molar-refractivity contribution < 1.29 is 33.7 Å². The van der Waals surface area contributed by atoms with Gasteiger partial charge in [-0.1, -0.05) is 6.07 Å². The number of aryl methyl sites for hydroxylation is 2. The molecule has 0 bridgehead atoms. The summed E-state index contributed by atoms with van der Waals surface area (Å²) in [4.78, 5) is 36.8. The van der Waals surface area contributed by atoms with Crippen molar-refractivity contribution in [3.8, 4) is 17.2 Å². The standard InChI is InChI=1S/C24H25NO8/c1-12-7-17(26)23-13(2)15(24(30)33-20(23)8-12)10-21(27)25-16(11-22(28)29)14-5-6-18(31-3)19(9-14)32-4/h5-9,16,26H,10-11H2,1-4H3,(H,25,27)(H,28,29)/t16-/m1/s1. The predicted molar refractivity (Wildman–Crippen MR) is 120 cm³/mol. The Kier molecular flexibility index (Phi) is 6.91. The normalized spacial score (nSPS) is 11.8. The lowest BCUT2D eigenvalue weighted by atomic mass is 10.00. The fourth-order valence-corrected chi connectivity index (χ4v) is 3.76. The van der Waals surface area contributed by atoms with E-state index < -0.39 is 23.5 Å². The minimum absolute atomic E-state index is 0.0537. The van der Waals surface area contributed by atoms with Crippen LogP contribution in [0.3, 0.4) is 0 Å². The number of carboxylic acid groups (broad SMARTS) is 1. The summed E-state index contributed by atoms with van der Waals surface area (Å²) in [6, 6.07) is 7.13. The van der Waals surface area contributed by atoms with E-state index in [0.29, 0.717) is 28.0 Å². The number of benzene rings is 2. The molecule has 2 aromatic carbocycles. The molecular weight excluding hydrogens is 430 g/mol. The Morgan fingerprint density at radius 1 is 1.09 bits per heavy atom. The first-order valence-electron chi connectivity index (χ1n) is 10.1. The number of phenolic OH excluding ortho intramolecular Hbond substituents is 1. The number of rotatable bonds is 8. The number of nitrogens with one attached hydrogen (secondary N) is 1. The number of amides is 1. The quantitative estimate of drug-likeness (QED) is 0.441. The van der Waals surface area contributed by atoms with Crippen LogP contribution in [-0.2, 0) is 16.0 Å². The van der Waals surface area contributed by atoms with Crippen LogP contribution in [0, 0.1) is 13.8 Å². The molecule has 0 saturated heterocycles. The van der Waals surface area contributed by atoms with Crippen LogP contribution in [0.4, 0.5) is 0 Å². The molecule has 3 aromatic rings. The van der Waals surface area contributed by atoms with Gasteiger partial charge in [-0.05, 0) is 54.8 Å². The number of carboxylic acids is 1. The van der Waals surface area contributed by atoms with Crippen LogP contribution in [0.5, 0.6) is 17.2 Å². The molecule has 3 rings (SSSR count). The Hall–Kier alpha value is -4.01. The van der Waals surface area contributed by atoms with Crippen molar-refractivity contribution in [3.05, 3.63) is 63.0 Å². The van der Waals surface area contributed by atoms with Crippen LogP contribution in [0.15, 0.2) is 39.5 Å². The van der Waals surface area contributed by atoms with Crippen molar-refractivity contribution in [2.24, 2.45) is 0 Å². The van der Waals surface area contributed by atoms with E-state index in [0.717, 1.165) is 5.56 Å². The SMILES string of the molecule is COc1ccc([C@@H](CC(=O)O)NC(=O)Cc2c(C)c3c(O)cc(C)cc3oc2=O)cc1OC. The zero-order chi connectivity index (χ0) is 24.3. The Labute approximate surface area is 189 Å². The molecule has 0 fully saturated rings. The number of methoxy groups -OCH3 is 2. The van der Waals surface area contributed by atoms with Crippen LogP contribution in [0.1, 0.15) is 34.7 Å². The van der Waals surface area contributed by atoms with Crippen molar-refractivity contribution in [2.45, 2.75) is 32.7 Å². The molecule has 9 nitrogen and oxygen atoms in total. The van der Waals surface area contributed by atoms with Gasteiger partial charge in [-0.3, -0.25) is 9.59 Å². The van der Waals surface area contributed by atoms with Crippen LogP contribution in [-0.4, -0.2) is 36.3 Å². The number of aromatic hydroxyl groups is 1. The second kappa shape index (κ2) is 9.64. The zero-order valence-electron chi connectivity index (χ0n) is 18.7. The lowest BCUT2D eigenvalue weighted by Crippen LogP contribution is -2.32. The van der Waals surface area contributed by atoms with E-state index >= 15 is 0 Å². The van der Waals surface area contributed by atoms with Gasteiger partial charge in [-0.15, -0.1) is 0 Å². The second-order valence-electron chi connectivity index (χ2n) is 7.66. The number of carbonyl (C=O) groups excluding carboxylic acids is 1. The third kappa shape index (κ3) is 5.08. The molecule has 1 amide bonds. The number of aliphatic carboxylic acids is 1. The van der Waals surface area contributed by atoms with Gasteiger partial charge in [-0.25, -0.2) is 4.79 Å². The van der Waals surface area contributed by atoms with Crippen molar-refractivity contribution in [1.82, 2.24) is 5.32 Å². The monoisotopic (exact) mass is 455 g/mol. The van der Waals surface area contributed by atoms with Crippen molar-refractivity contribution >= 4 is 22.8 Å². The number of hydrogen-bond donors (Lipinski definition) is 3. The molecule has 0 aliphatic rings. The van der Waals surface area contributed by atoms with Gasteiger partial charge in [0.15, 0.2) is 11.5 Å². The van der Waals surface area contributed by atoms with Gasteiger partial charge in [0.25, 0.3) is 0 Å². The molecule has 0 radical (unpaired) electrons. The Morgan fingerprint density at radius 2 is 1.79 bits per heavy atom. The molecule has 3 N–H and O–H groups in total. The number of hydrogen-bond acceptors (Lipinski definition) is 7. The molecule has 9 heteroatoms. The highest BCUT2D eigenvalue weighted by Crippen LogP contribution is 2.32. The smallest absolute Gasteiger partial charge is 0.340 e. The highest BCUT2D eigenvalue weighted by molar-refractivity contribution is 5.89. The molecule has 0 aliphatic heterocycles. The van der Waals surface area contributed by atoms with Crippen LogP contribution >= 0.6 is 0 Å². The van der Waals surface area contributed by atoms with Gasteiger partial charge < -0.3 is 29.4 Å². The number of ether oxygens (including phenoxy) is 2. The Balaban J connectivity index is 1.92. The molecular formula is C24H25NO8. The summed E-state index contributed by atoms with van der Waals surface area (Å²) < 4.78 is 15.8. The van der Waals surface area contributed by atoms with Crippen LogP contribution in [0.2, 0.25) is 0 Å². The maximum atomic E-state index is 12.8. The van der Waals surface area contributed by atoms with Gasteiger partial charge in [0, 0.05) is 0 Å². The maximum absolute atomic E-state index is 12.8. The van der Waals surface area contributed by atoms with E-state index in [1.807, 2.05) is 0 Å². The molecule has 0 saturated carbocycles. The zero-order valence-corrected chi connectivity index (χ0v) is 18.7. The molecule has 1 aromatic heterocycles. The lowest BCUT2D eigenvalue weighted by Gasteiger charge is -2.19. The van der Waals surface area contributed by atoms with E-state index in [1.165, 1.54) is 14.2 Å². The van der Waals surface area contributed by atoms with E-state index in [4.69, 9.17) is 13.9 Å². The first kappa shape index (κ1) is 23.6. The summed E-state index contributed by atoms with van der Waals surface area (Å²) in [5, 5.41) is 22.7. The number of phenols is 1. The topological polar surface area (TPSA) is 135 Å². The number of fused-ring (bicyclic) bond motifs is 1. The predicted octanol–water partition coefficient (Wildman–Crippen LogP) is 3.01. The second-order valence-corrected chi connectivity index (χ2v) is 7.66. The van der Waals surface area contributed by atoms with Gasteiger partial charge in [0.05, 0.1) is 44.1 Å². The molecule has 0 spiro atoms. The summed E-state index contributed by atoms with van der Waals surface area (Å²) in [6.07, 6.45) is -0.729. The van der Waals surface area contributed by atoms with Crippen molar-refractivity contribution in [1.29, 1.82) is 0 Å². The summed E-state index contributed by atoms with van der Waals surface area (Å²) in [5.74, 6) is -0.895. The lowest BCUT2D eigenvalue weighted by molar-refractivity contribution is -0.137. The Morgan fingerprint density at radius 3 is 2.42 bits per heavy atom. The van der Waals surface area contributed by atoms with E-state index in [9.17, 15) is 24.6 Å². The molecule has 0 aliphatic carbocycles. The molecule has 174 valence electrons. The minimum Gasteiger partial charge on any atom is -0.507 e. The summed E-state index contributed by atoms with van der Waals surface area (Å²) in [5.41, 5.74) is 1.27. The number of carbonyl (C=O) groups is 2. The fourth-order valence-electron chi connectivity index (χ4n) is 3.76. The minimum atomic E-state index is -1.11. The summed E-state index contributed by atoms with van der Waals surface area (Å²) in [7, 11) is 2.93. The third-order valence-corrected chi connectivity index (χ3v) is 5.36. The van der Waals surface area contributed by atoms with E-state index in [2.05, 4.69) is 5.32 Å². The average molecular weight is 455 g/mol. The summed E-state index contributed by atoms with van der Waals surface area (Å²) in [6.45, 7) is 3.38. The van der Waals surface area contributed by atoms with Crippen LogP contribution < -0.4 is 20.4 Å². The third-order valence-electron chi connectivity index (χ3n) is 5.36. The first-order valence-corrected chi connectivity index (χ1v) is 10.1. The first-order chi connectivity index (χ1) is 15.6. The highest BCUT2D eigenvalue weighted by atomic mass is 16.5. The fraction of sp³-hybridized carbons (Fsp3) is 0.292. The van der Waals surface area contributed by atoms with Gasteiger partial charge in [-0.2, -0.15) is 0 Å². The molecule has 0 unspecified atom stereocenters. The van der Waals surface area contributed by atoms with E-state index in [1.54, 1.807) is 44.2 Å². The molecule has 1 atom stereocenters. The Bertz CT molecular complexity index is 1280. The summed E-state index contributed by atoms with van der Waals surface area (Å²) >= 11 is 0. The highest BCUT2D eigenvalue weighted by Gasteiger charge is 2.22. The van der Waals surface area contributed by atoms with Crippen molar-refractivity contribution in [2.75, 3.05) is 14.2 Å².